The summed E-state index contributed by atoms with van der Waals surface area (Å²) in [6.07, 6.45) is 4.75. The van der Waals surface area contributed by atoms with Gasteiger partial charge in [0, 0.05) is 16.3 Å². The van der Waals surface area contributed by atoms with Crippen molar-refractivity contribution in [3.63, 3.8) is 0 Å². The van der Waals surface area contributed by atoms with Crippen LogP contribution in [0.5, 0.6) is 5.75 Å². The van der Waals surface area contributed by atoms with Crippen molar-refractivity contribution in [1.82, 2.24) is 5.32 Å². The van der Waals surface area contributed by atoms with Crippen molar-refractivity contribution in [3.8, 4) is 5.75 Å². The molecule has 0 saturated carbocycles. The highest BCUT2D eigenvalue weighted by molar-refractivity contribution is 7.80. The Hall–Kier alpha value is -2.16. The van der Waals surface area contributed by atoms with E-state index in [1.807, 2.05) is 0 Å². The number of nitrogens with one attached hydrogen (secondary N) is 2. The zero-order valence-corrected chi connectivity index (χ0v) is 19.0. The third-order valence-corrected chi connectivity index (χ3v) is 6.33. The maximum atomic E-state index is 12.3. The van der Waals surface area contributed by atoms with E-state index in [1.54, 1.807) is 24.3 Å². The lowest BCUT2D eigenvalue weighted by Crippen LogP contribution is -2.34. The fraction of sp³-hybridized carbons (Fsp3) is 0.381. The molecular weight excluding hydrogens is 444 g/mol. The van der Waals surface area contributed by atoms with Gasteiger partial charge in [-0.15, -0.1) is 11.3 Å². The Morgan fingerprint density at radius 2 is 1.93 bits per heavy atom. The highest BCUT2D eigenvalue weighted by Crippen LogP contribution is 2.38. The standard InChI is InChI=1S/C21H23ClN2O4S2/c1-27-20(26)18-15-5-2-3-6-16(15)30-19(18)24-21(29)23-17(25)7-4-12-28-14-10-8-13(22)9-11-14/h8-11H,2-7,12H2,1H3,(H2,23,24,25,29). The molecule has 1 amide bonds. The van der Waals surface area contributed by atoms with E-state index in [0.29, 0.717) is 34.4 Å². The first-order chi connectivity index (χ1) is 14.5. The third kappa shape index (κ3) is 5.93. The largest absolute Gasteiger partial charge is 0.494 e. The molecule has 0 unspecified atom stereocenters. The number of esters is 1. The third-order valence-electron chi connectivity index (χ3n) is 4.67. The molecule has 6 nitrogen and oxygen atoms in total. The molecular formula is C21H23ClN2O4S2. The number of amides is 1. The molecule has 0 saturated heterocycles. The van der Waals surface area contributed by atoms with Gasteiger partial charge in [0.2, 0.25) is 5.91 Å². The Morgan fingerprint density at radius 1 is 1.20 bits per heavy atom. The second-order valence-corrected chi connectivity index (χ2v) is 8.76. The van der Waals surface area contributed by atoms with E-state index in [1.165, 1.54) is 23.3 Å². The summed E-state index contributed by atoms with van der Waals surface area (Å²) < 4.78 is 10.5. The predicted molar refractivity (Wildman–Crippen MR) is 123 cm³/mol. The Kier molecular flexibility index (Phi) is 8.07. The molecule has 1 aromatic heterocycles. The van der Waals surface area contributed by atoms with Crippen molar-refractivity contribution in [3.05, 3.63) is 45.3 Å². The van der Waals surface area contributed by atoms with Gasteiger partial charge in [-0.05, 0) is 74.2 Å². The monoisotopic (exact) mass is 466 g/mol. The van der Waals surface area contributed by atoms with Crippen LogP contribution in [0, 0.1) is 0 Å². The van der Waals surface area contributed by atoms with Crippen molar-refractivity contribution in [2.75, 3.05) is 19.0 Å². The molecule has 160 valence electrons. The smallest absolute Gasteiger partial charge is 0.341 e. The highest BCUT2D eigenvalue weighted by Gasteiger charge is 2.26. The molecule has 0 bridgehead atoms. The number of thiophene rings is 1. The number of aryl methyl sites for hydroxylation is 1. The van der Waals surface area contributed by atoms with E-state index in [9.17, 15) is 9.59 Å². The molecule has 30 heavy (non-hydrogen) atoms. The van der Waals surface area contributed by atoms with Crippen LogP contribution in [0.1, 0.15) is 46.5 Å². The molecule has 0 fully saturated rings. The Balaban J connectivity index is 1.49. The van der Waals surface area contributed by atoms with E-state index in [-0.39, 0.29) is 23.4 Å². The van der Waals surface area contributed by atoms with Crippen molar-refractivity contribution >= 4 is 57.1 Å². The van der Waals surface area contributed by atoms with Gasteiger partial charge in [-0.25, -0.2) is 4.79 Å². The highest BCUT2D eigenvalue weighted by atomic mass is 35.5. The number of hydrogen-bond acceptors (Lipinski definition) is 6. The molecule has 1 aromatic carbocycles. The minimum absolute atomic E-state index is 0.169. The normalized spacial score (nSPS) is 12.6. The van der Waals surface area contributed by atoms with Crippen LogP contribution in [0.4, 0.5) is 5.00 Å². The molecule has 2 aromatic rings. The van der Waals surface area contributed by atoms with Gasteiger partial charge in [0.25, 0.3) is 0 Å². The summed E-state index contributed by atoms with van der Waals surface area (Å²) >= 11 is 12.6. The quantitative estimate of drug-likeness (QED) is 0.348. The van der Waals surface area contributed by atoms with Crippen LogP contribution in [-0.4, -0.2) is 30.7 Å². The number of halogens is 1. The van der Waals surface area contributed by atoms with Crippen molar-refractivity contribution in [2.24, 2.45) is 0 Å². The summed E-state index contributed by atoms with van der Waals surface area (Å²) in [4.78, 5) is 25.6. The Bertz CT molecular complexity index is 928. The first-order valence-electron chi connectivity index (χ1n) is 9.70. The number of anilines is 1. The number of benzene rings is 1. The maximum absolute atomic E-state index is 12.3. The fourth-order valence-corrected chi connectivity index (χ4v) is 4.94. The molecule has 2 N–H and O–H groups in total. The van der Waals surface area contributed by atoms with E-state index in [2.05, 4.69) is 10.6 Å². The first kappa shape index (κ1) is 22.5. The lowest BCUT2D eigenvalue weighted by molar-refractivity contribution is -0.119. The van der Waals surface area contributed by atoms with Gasteiger partial charge in [-0.3, -0.25) is 4.79 Å². The average Bonchev–Trinajstić information content (AvgIpc) is 3.09. The summed E-state index contributed by atoms with van der Waals surface area (Å²) in [6, 6.07) is 7.05. The minimum atomic E-state index is -0.384. The molecule has 0 radical (unpaired) electrons. The lowest BCUT2D eigenvalue weighted by Gasteiger charge is -2.12. The molecule has 0 spiro atoms. The summed E-state index contributed by atoms with van der Waals surface area (Å²) in [7, 11) is 1.37. The summed E-state index contributed by atoms with van der Waals surface area (Å²) in [5.74, 6) is 0.104. The van der Waals surface area contributed by atoms with E-state index < -0.39 is 0 Å². The predicted octanol–water partition coefficient (Wildman–Crippen LogP) is 4.74. The average molecular weight is 467 g/mol. The van der Waals surface area contributed by atoms with Crippen molar-refractivity contribution in [2.45, 2.75) is 38.5 Å². The molecule has 0 atom stereocenters. The number of rotatable bonds is 7. The van der Waals surface area contributed by atoms with Gasteiger partial charge in [0.15, 0.2) is 5.11 Å². The Morgan fingerprint density at radius 3 is 2.67 bits per heavy atom. The second-order valence-electron chi connectivity index (χ2n) is 6.81. The van der Waals surface area contributed by atoms with Crippen molar-refractivity contribution in [1.29, 1.82) is 0 Å². The number of fused-ring (bicyclic) bond motifs is 1. The second kappa shape index (κ2) is 10.7. The van der Waals surface area contributed by atoms with Crippen LogP contribution in [0.15, 0.2) is 24.3 Å². The van der Waals surface area contributed by atoms with Gasteiger partial charge in [-0.2, -0.15) is 0 Å². The summed E-state index contributed by atoms with van der Waals surface area (Å²) in [6.45, 7) is 0.402. The SMILES string of the molecule is COC(=O)c1c(NC(=S)NC(=O)CCCOc2ccc(Cl)cc2)sc2c1CCCC2. The van der Waals surface area contributed by atoms with E-state index >= 15 is 0 Å². The van der Waals surface area contributed by atoms with Gasteiger partial charge >= 0.3 is 5.97 Å². The Labute approximate surface area is 189 Å². The van der Waals surface area contributed by atoms with E-state index in [0.717, 1.165) is 31.2 Å². The van der Waals surface area contributed by atoms with Crippen LogP contribution in [-0.2, 0) is 22.4 Å². The number of thiocarbonyl (C=S) groups is 1. The van der Waals surface area contributed by atoms with Crippen molar-refractivity contribution < 1.29 is 19.1 Å². The molecule has 1 heterocycles. The number of carbonyl (C=O) groups is 2. The van der Waals surface area contributed by atoms with Gasteiger partial charge in [0.1, 0.15) is 10.8 Å². The number of methoxy groups -OCH3 is 1. The summed E-state index contributed by atoms with van der Waals surface area (Å²) in [5, 5.41) is 7.11. The minimum Gasteiger partial charge on any atom is -0.494 e. The van der Waals surface area contributed by atoms with E-state index in [4.69, 9.17) is 33.3 Å². The lowest BCUT2D eigenvalue weighted by atomic mass is 9.95. The number of hydrogen-bond donors (Lipinski definition) is 2. The van der Waals surface area contributed by atoms with Gasteiger partial charge < -0.3 is 20.1 Å². The van der Waals surface area contributed by atoms with Crippen LogP contribution < -0.4 is 15.4 Å². The van der Waals surface area contributed by atoms with Crippen LogP contribution in [0.25, 0.3) is 0 Å². The van der Waals surface area contributed by atoms with Crippen LogP contribution in [0.3, 0.4) is 0 Å². The zero-order valence-electron chi connectivity index (χ0n) is 16.6. The van der Waals surface area contributed by atoms with Gasteiger partial charge in [0.05, 0.1) is 19.3 Å². The fourth-order valence-electron chi connectivity index (χ4n) is 3.25. The first-order valence-corrected chi connectivity index (χ1v) is 11.3. The molecule has 3 rings (SSSR count). The summed E-state index contributed by atoms with van der Waals surface area (Å²) in [5.41, 5.74) is 1.57. The van der Waals surface area contributed by atoms with Crippen LogP contribution >= 0.6 is 35.2 Å². The molecule has 9 heteroatoms. The number of carbonyl (C=O) groups excluding carboxylic acids is 2. The van der Waals surface area contributed by atoms with Crippen LogP contribution in [0.2, 0.25) is 5.02 Å². The molecule has 0 aliphatic heterocycles. The molecule has 1 aliphatic rings. The topological polar surface area (TPSA) is 76.7 Å². The molecule has 1 aliphatic carbocycles. The van der Waals surface area contributed by atoms with Gasteiger partial charge in [-0.1, -0.05) is 11.6 Å². The maximum Gasteiger partial charge on any atom is 0.341 e. The zero-order chi connectivity index (χ0) is 21.5. The number of ether oxygens (including phenoxy) is 2.